The van der Waals surface area contributed by atoms with Crippen LogP contribution in [0.25, 0.3) is 10.8 Å². The molecule has 1 aliphatic heterocycles. The number of carbonyl (C=O) groups excluding carboxylic acids is 2. The Morgan fingerprint density at radius 3 is 2.47 bits per heavy atom. The molecule has 1 atom stereocenters. The molecule has 0 aliphatic carbocycles. The summed E-state index contributed by atoms with van der Waals surface area (Å²) in [6.45, 7) is 5.66. The molecule has 2 amide bonds. The molecule has 6 heteroatoms. The molecule has 1 heterocycles. The number of amides is 2. The van der Waals surface area contributed by atoms with Gasteiger partial charge < -0.3 is 20.1 Å². The lowest BCUT2D eigenvalue weighted by Gasteiger charge is -2.30. The molecular weight excluding hydrogens is 404 g/mol. The number of carbonyl (C=O) groups is 2. The van der Waals surface area contributed by atoms with E-state index in [-0.39, 0.29) is 12.1 Å². The van der Waals surface area contributed by atoms with E-state index in [1.165, 1.54) is 0 Å². The van der Waals surface area contributed by atoms with E-state index in [9.17, 15) is 9.59 Å². The molecule has 0 aromatic heterocycles. The molecule has 0 bridgehead atoms. The lowest BCUT2D eigenvalue weighted by Crippen LogP contribution is -2.45. The molecule has 0 unspecified atom stereocenters. The molecule has 164 valence electrons. The third-order valence-electron chi connectivity index (χ3n) is 5.29. The van der Waals surface area contributed by atoms with Crippen molar-refractivity contribution in [1.82, 2.24) is 10.6 Å². The van der Waals surface area contributed by atoms with Gasteiger partial charge in [0, 0.05) is 11.3 Å². The summed E-state index contributed by atoms with van der Waals surface area (Å²) in [5.74, 6) is 0.124. The number of hydrogen-bond donors (Lipinski definition) is 2. The molecule has 0 fully saturated rings. The van der Waals surface area contributed by atoms with Gasteiger partial charge in [0.25, 0.3) is 0 Å². The van der Waals surface area contributed by atoms with Gasteiger partial charge in [0.1, 0.15) is 12.4 Å². The van der Waals surface area contributed by atoms with Crippen molar-refractivity contribution in [3.05, 3.63) is 89.1 Å². The molecule has 0 saturated carbocycles. The fraction of sp³-hybridized carbons (Fsp3) is 0.231. The van der Waals surface area contributed by atoms with E-state index in [1.807, 2.05) is 66.7 Å². The number of esters is 1. The zero-order chi connectivity index (χ0) is 22.7. The van der Waals surface area contributed by atoms with Crippen LogP contribution in [0.4, 0.5) is 4.79 Å². The number of benzene rings is 3. The quantitative estimate of drug-likeness (QED) is 0.540. The average molecular weight is 431 g/mol. The number of hydrogen-bond acceptors (Lipinski definition) is 4. The molecule has 0 radical (unpaired) electrons. The highest BCUT2D eigenvalue weighted by atomic mass is 16.5. The van der Waals surface area contributed by atoms with Crippen molar-refractivity contribution in [1.29, 1.82) is 0 Å². The zero-order valence-corrected chi connectivity index (χ0v) is 18.3. The Morgan fingerprint density at radius 1 is 1.00 bits per heavy atom. The number of fused-ring (bicyclic) bond motifs is 1. The topological polar surface area (TPSA) is 76.7 Å². The van der Waals surface area contributed by atoms with Gasteiger partial charge in [0.15, 0.2) is 0 Å². The molecule has 32 heavy (non-hydrogen) atoms. The van der Waals surface area contributed by atoms with Crippen molar-refractivity contribution in [2.24, 2.45) is 0 Å². The van der Waals surface area contributed by atoms with Crippen molar-refractivity contribution in [2.75, 3.05) is 0 Å². The number of urea groups is 1. The molecule has 6 nitrogen and oxygen atoms in total. The maximum atomic E-state index is 13.0. The van der Waals surface area contributed by atoms with E-state index in [0.717, 1.165) is 21.9 Å². The molecule has 0 saturated heterocycles. The van der Waals surface area contributed by atoms with Gasteiger partial charge in [-0.15, -0.1) is 0 Å². The first kappa shape index (κ1) is 21.4. The van der Waals surface area contributed by atoms with E-state index in [4.69, 9.17) is 9.47 Å². The first-order valence-electron chi connectivity index (χ1n) is 10.6. The van der Waals surface area contributed by atoms with Crippen LogP contribution in [0.3, 0.4) is 0 Å². The Balaban J connectivity index is 1.83. The SMILES string of the molecule is CC1=C(C(=O)OC(C)C)[C@H](c2c(OCc3ccccc3)ccc3ccccc23)NC(=O)N1. The fourth-order valence-electron chi connectivity index (χ4n) is 3.89. The van der Waals surface area contributed by atoms with Gasteiger partial charge in [-0.05, 0) is 43.2 Å². The molecule has 0 spiro atoms. The van der Waals surface area contributed by atoms with Crippen LogP contribution in [-0.2, 0) is 16.1 Å². The Bertz CT molecular complexity index is 1180. The molecule has 4 rings (SSSR count). The Hall–Kier alpha value is -3.80. The minimum atomic E-state index is -0.716. The maximum absolute atomic E-state index is 13.0. The van der Waals surface area contributed by atoms with Gasteiger partial charge in [0.05, 0.1) is 17.7 Å². The summed E-state index contributed by atoms with van der Waals surface area (Å²) in [5, 5.41) is 7.48. The average Bonchev–Trinajstić information content (AvgIpc) is 2.76. The van der Waals surface area contributed by atoms with Crippen LogP contribution < -0.4 is 15.4 Å². The van der Waals surface area contributed by atoms with Crippen molar-refractivity contribution in [2.45, 2.75) is 39.5 Å². The monoisotopic (exact) mass is 430 g/mol. The summed E-state index contributed by atoms with van der Waals surface area (Å²) >= 11 is 0. The predicted molar refractivity (Wildman–Crippen MR) is 123 cm³/mol. The summed E-state index contributed by atoms with van der Waals surface area (Å²) in [5.41, 5.74) is 2.57. The molecule has 3 aromatic carbocycles. The lowest BCUT2D eigenvalue weighted by atomic mass is 9.90. The normalized spacial score (nSPS) is 16.0. The standard InChI is InChI=1S/C26H26N2O4/c1-16(2)32-25(29)22-17(3)27-26(30)28-24(22)23-20-12-8-7-11-19(20)13-14-21(23)31-15-18-9-5-4-6-10-18/h4-14,16,24H,15H2,1-3H3,(H2,27,28,30)/t24-/m1/s1. The number of rotatable bonds is 6. The summed E-state index contributed by atoms with van der Waals surface area (Å²) < 4.78 is 11.7. The van der Waals surface area contributed by atoms with Crippen LogP contribution >= 0.6 is 0 Å². The van der Waals surface area contributed by atoms with Crippen LogP contribution in [-0.4, -0.2) is 18.1 Å². The van der Waals surface area contributed by atoms with Crippen molar-refractivity contribution in [3.8, 4) is 5.75 Å². The van der Waals surface area contributed by atoms with Crippen molar-refractivity contribution in [3.63, 3.8) is 0 Å². The van der Waals surface area contributed by atoms with Gasteiger partial charge in [-0.3, -0.25) is 0 Å². The summed E-state index contributed by atoms with van der Waals surface area (Å²) in [6.07, 6.45) is -0.289. The number of ether oxygens (including phenoxy) is 2. The predicted octanol–water partition coefficient (Wildman–Crippen LogP) is 5.00. The van der Waals surface area contributed by atoms with Gasteiger partial charge in [0.2, 0.25) is 0 Å². The van der Waals surface area contributed by atoms with Gasteiger partial charge in [-0.2, -0.15) is 0 Å². The van der Waals surface area contributed by atoms with Crippen LogP contribution in [0.2, 0.25) is 0 Å². The van der Waals surface area contributed by atoms with Gasteiger partial charge in [-0.1, -0.05) is 60.7 Å². The Labute approximate surface area is 187 Å². The zero-order valence-electron chi connectivity index (χ0n) is 18.3. The maximum Gasteiger partial charge on any atom is 0.338 e. The minimum Gasteiger partial charge on any atom is -0.489 e. The second kappa shape index (κ2) is 9.14. The summed E-state index contributed by atoms with van der Waals surface area (Å²) in [7, 11) is 0. The molecular formula is C26H26N2O4. The summed E-state index contributed by atoms with van der Waals surface area (Å²) in [6, 6.07) is 20.5. The fourth-order valence-corrected chi connectivity index (χ4v) is 3.89. The highest BCUT2D eigenvalue weighted by Gasteiger charge is 2.35. The van der Waals surface area contributed by atoms with Crippen LogP contribution in [0.5, 0.6) is 5.75 Å². The Morgan fingerprint density at radius 2 is 1.72 bits per heavy atom. The van der Waals surface area contributed by atoms with Crippen LogP contribution in [0.15, 0.2) is 78.0 Å². The second-order valence-electron chi connectivity index (χ2n) is 8.00. The number of nitrogens with one attached hydrogen (secondary N) is 2. The minimum absolute atomic E-state index is 0.289. The van der Waals surface area contributed by atoms with Crippen molar-refractivity contribution >= 4 is 22.8 Å². The second-order valence-corrected chi connectivity index (χ2v) is 8.00. The van der Waals surface area contributed by atoms with Crippen molar-refractivity contribution < 1.29 is 19.1 Å². The first-order chi connectivity index (χ1) is 15.4. The smallest absolute Gasteiger partial charge is 0.338 e. The molecule has 2 N–H and O–H groups in total. The molecule has 1 aliphatic rings. The third kappa shape index (κ3) is 4.44. The first-order valence-corrected chi connectivity index (χ1v) is 10.6. The number of allylic oxidation sites excluding steroid dienone is 1. The van der Waals surface area contributed by atoms with E-state index < -0.39 is 12.0 Å². The largest absolute Gasteiger partial charge is 0.489 e. The highest BCUT2D eigenvalue weighted by Crippen LogP contribution is 2.39. The molecule has 3 aromatic rings. The third-order valence-corrected chi connectivity index (χ3v) is 5.29. The van der Waals surface area contributed by atoms with E-state index >= 15 is 0 Å². The van der Waals surface area contributed by atoms with Crippen LogP contribution in [0, 0.1) is 0 Å². The Kier molecular flexibility index (Phi) is 6.12. The van der Waals surface area contributed by atoms with Gasteiger partial charge >= 0.3 is 12.0 Å². The van der Waals surface area contributed by atoms with E-state index in [1.54, 1.807) is 20.8 Å². The highest BCUT2D eigenvalue weighted by molar-refractivity contribution is 5.98. The van der Waals surface area contributed by atoms with Crippen LogP contribution in [0.1, 0.15) is 37.9 Å². The summed E-state index contributed by atoms with van der Waals surface area (Å²) in [4.78, 5) is 25.4. The van der Waals surface area contributed by atoms with E-state index in [0.29, 0.717) is 23.6 Å². The lowest BCUT2D eigenvalue weighted by molar-refractivity contribution is -0.143. The van der Waals surface area contributed by atoms with Gasteiger partial charge in [-0.25, -0.2) is 9.59 Å². The van der Waals surface area contributed by atoms with E-state index in [2.05, 4.69) is 10.6 Å².